The zero-order valence-electron chi connectivity index (χ0n) is 17.7. The number of carboxylic acids is 1. The second-order valence-corrected chi connectivity index (χ2v) is 7.42. The summed E-state index contributed by atoms with van der Waals surface area (Å²) < 4.78 is 1.60. The third-order valence-corrected chi connectivity index (χ3v) is 5.19. The van der Waals surface area contributed by atoms with Gasteiger partial charge in [0.15, 0.2) is 5.65 Å². The molecule has 164 valence electrons. The first kappa shape index (κ1) is 21.7. The van der Waals surface area contributed by atoms with Crippen molar-refractivity contribution in [3.05, 3.63) is 83.8 Å². The van der Waals surface area contributed by atoms with Gasteiger partial charge in [-0.3, -0.25) is 14.0 Å². The molecule has 0 saturated carbocycles. The van der Waals surface area contributed by atoms with Crippen LogP contribution in [-0.4, -0.2) is 37.6 Å². The number of carbonyl (C=O) groups excluding carboxylic acids is 1. The van der Waals surface area contributed by atoms with Gasteiger partial charge in [0, 0.05) is 18.3 Å². The van der Waals surface area contributed by atoms with Crippen molar-refractivity contribution >= 4 is 23.2 Å². The van der Waals surface area contributed by atoms with Crippen molar-refractivity contribution in [2.24, 2.45) is 0 Å². The molecule has 2 aromatic carbocycles. The number of nitrogens with one attached hydrogen (secondary N) is 2. The second kappa shape index (κ2) is 9.30. The smallest absolute Gasteiger partial charge is 0.320 e. The minimum absolute atomic E-state index is 0.231. The van der Waals surface area contributed by atoms with Gasteiger partial charge in [-0.25, -0.2) is 0 Å². The summed E-state index contributed by atoms with van der Waals surface area (Å²) in [6.07, 6.45) is 3.19. The van der Waals surface area contributed by atoms with Crippen molar-refractivity contribution < 1.29 is 14.7 Å². The Kier molecular flexibility index (Phi) is 6.11. The highest BCUT2D eigenvalue weighted by molar-refractivity contribution is 6.09. The van der Waals surface area contributed by atoms with Gasteiger partial charge in [0.05, 0.1) is 16.8 Å². The summed E-state index contributed by atoms with van der Waals surface area (Å²) in [7, 11) is 0. The van der Waals surface area contributed by atoms with Crippen molar-refractivity contribution in [2.75, 3.05) is 5.32 Å². The first-order valence-corrected chi connectivity index (χ1v) is 10.2. The van der Waals surface area contributed by atoms with Gasteiger partial charge in [-0.1, -0.05) is 42.5 Å². The molecule has 0 bridgehead atoms. The third kappa shape index (κ3) is 4.56. The Morgan fingerprint density at radius 1 is 1.18 bits per heavy atom. The largest absolute Gasteiger partial charge is 0.480 e. The van der Waals surface area contributed by atoms with Gasteiger partial charge in [0.1, 0.15) is 18.4 Å². The molecule has 0 spiro atoms. The van der Waals surface area contributed by atoms with E-state index in [1.807, 2.05) is 36.4 Å². The number of nitriles is 1. The maximum atomic E-state index is 13.2. The SMILES string of the molecule is C[C@@H](NCc1cc(C(=O)Nc2cccc(-c3ccccc3)c2C#N)c2nncn2c1)C(=O)O. The molecule has 33 heavy (non-hydrogen) atoms. The maximum absolute atomic E-state index is 13.2. The van der Waals surface area contributed by atoms with E-state index in [0.29, 0.717) is 28.0 Å². The van der Waals surface area contributed by atoms with E-state index in [1.165, 1.54) is 13.3 Å². The molecule has 4 rings (SSSR count). The number of pyridine rings is 1. The van der Waals surface area contributed by atoms with Gasteiger partial charge >= 0.3 is 5.97 Å². The molecule has 0 aliphatic heterocycles. The molecular weight excluding hydrogens is 420 g/mol. The number of amides is 1. The summed E-state index contributed by atoms with van der Waals surface area (Å²) in [6, 6.07) is 17.8. The Balaban J connectivity index is 1.67. The van der Waals surface area contributed by atoms with Crippen LogP contribution in [0.2, 0.25) is 0 Å². The minimum atomic E-state index is -0.972. The molecule has 0 aliphatic rings. The van der Waals surface area contributed by atoms with Gasteiger partial charge in [0.2, 0.25) is 0 Å². The van der Waals surface area contributed by atoms with Crippen molar-refractivity contribution in [2.45, 2.75) is 19.5 Å². The Hall–Kier alpha value is -4.55. The molecule has 2 heterocycles. The van der Waals surface area contributed by atoms with Crippen LogP contribution in [0, 0.1) is 11.3 Å². The van der Waals surface area contributed by atoms with Crippen molar-refractivity contribution in [1.29, 1.82) is 5.26 Å². The van der Waals surface area contributed by atoms with Crippen LogP contribution in [0.1, 0.15) is 28.4 Å². The second-order valence-electron chi connectivity index (χ2n) is 7.42. The quantitative estimate of drug-likeness (QED) is 0.402. The summed E-state index contributed by atoms with van der Waals surface area (Å²) in [5.41, 5.74) is 3.59. The summed E-state index contributed by atoms with van der Waals surface area (Å²) in [5, 5.41) is 32.5. The molecule has 2 aromatic heterocycles. The number of hydrogen-bond donors (Lipinski definition) is 3. The summed E-state index contributed by atoms with van der Waals surface area (Å²) in [5.74, 6) is -1.43. The number of hydrogen-bond acceptors (Lipinski definition) is 6. The maximum Gasteiger partial charge on any atom is 0.320 e. The fourth-order valence-corrected chi connectivity index (χ4v) is 3.44. The van der Waals surface area contributed by atoms with E-state index < -0.39 is 17.9 Å². The average Bonchev–Trinajstić information content (AvgIpc) is 3.31. The standard InChI is InChI=1S/C24H20N6O3/c1-15(24(32)33)26-12-16-10-19(22-29-27-14-30(22)13-16)23(31)28-21-9-5-8-18(20(21)11-25)17-6-3-2-4-7-17/h2-10,13-15,26H,12H2,1H3,(H,28,31)(H,32,33)/t15-/m1/s1. The van der Waals surface area contributed by atoms with Crippen LogP contribution >= 0.6 is 0 Å². The van der Waals surface area contributed by atoms with Crippen LogP contribution in [0.15, 0.2) is 67.1 Å². The molecular formula is C24H20N6O3. The van der Waals surface area contributed by atoms with E-state index in [1.54, 1.807) is 28.8 Å². The molecule has 9 heteroatoms. The predicted octanol–water partition coefficient (Wildman–Crippen LogP) is 3.08. The third-order valence-electron chi connectivity index (χ3n) is 5.19. The molecule has 0 unspecified atom stereocenters. The van der Waals surface area contributed by atoms with Gasteiger partial charge in [-0.2, -0.15) is 5.26 Å². The molecule has 0 saturated heterocycles. The lowest BCUT2D eigenvalue weighted by Gasteiger charge is -2.13. The summed E-state index contributed by atoms with van der Waals surface area (Å²) >= 11 is 0. The number of nitrogens with zero attached hydrogens (tertiary/aromatic N) is 4. The molecule has 0 radical (unpaired) electrons. The number of carboxylic acid groups (broad SMARTS) is 1. The first-order chi connectivity index (χ1) is 16.0. The minimum Gasteiger partial charge on any atom is -0.480 e. The van der Waals surface area contributed by atoms with Gasteiger partial charge in [-0.05, 0) is 30.2 Å². The van der Waals surface area contributed by atoms with Crippen LogP contribution < -0.4 is 10.6 Å². The number of benzene rings is 2. The molecule has 3 N–H and O–H groups in total. The normalized spacial score (nSPS) is 11.6. The molecule has 4 aromatic rings. The number of rotatable bonds is 7. The van der Waals surface area contributed by atoms with E-state index >= 15 is 0 Å². The fourth-order valence-electron chi connectivity index (χ4n) is 3.44. The number of anilines is 1. The highest BCUT2D eigenvalue weighted by Crippen LogP contribution is 2.29. The van der Waals surface area contributed by atoms with Crippen LogP contribution in [0.3, 0.4) is 0 Å². The van der Waals surface area contributed by atoms with Gasteiger partial charge in [-0.15, -0.1) is 10.2 Å². The summed E-state index contributed by atoms with van der Waals surface area (Å²) in [6.45, 7) is 1.77. The average molecular weight is 440 g/mol. The summed E-state index contributed by atoms with van der Waals surface area (Å²) in [4.78, 5) is 24.3. The van der Waals surface area contributed by atoms with E-state index in [0.717, 1.165) is 5.56 Å². The Labute approximate surface area is 189 Å². The van der Waals surface area contributed by atoms with E-state index in [-0.39, 0.29) is 12.1 Å². The fraction of sp³-hybridized carbons (Fsp3) is 0.125. The Bertz CT molecular complexity index is 1370. The van der Waals surface area contributed by atoms with Gasteiger partial charge in [0.25, 0.3) is 5.91 Å². The zero-order valence-corrected chi connectivity index (χ0v) is 17.7. The molecule has 9 nitrogen and oxygen atoms in total. The van der Waals surface area contributed by atoms with E-state index in [4.69, 9.17) is 5.11 Å². The molecule has 1 amide bonds. The van der Waals surface area contributed by atoms with Crippen LogP contribution in [0.5, 0.6) is 0 Å². The number of aliphatic carboxylic acids is 1. The van der Waals surface area contributed by atoms with Crippen molar-refractivity contribution in [3.8, 4) is 17.2 Å². The highest BCUT2D eigenvalue weighted by atomic mass is 16.4. The molecule has 0 aliphatic carbocycles. The Morgan fingerprint density at radius 3 is 2.70 bits per heavy atom. The first-order valence-electron chi connectivity index (χ1n) is 10.2. The van der Waals surface area contributed by atoms with E-state index in [9.17, 15) is 14.9 Å². The number of fused-ring (bicyclic) bond motifs is 1. The van der Waals surface area contributed by atoms with Crippen LogP contribution in [-0.2, 0) is 11.3 Å². The van der Waals surface area contributed by atoms with Crippen molar-refractivity contribution in [1.82, 2.24) is 19.9 Å². The molecule has 0 fully saturated rings. The van der Waals surface area contributed by atoms with Crippen molar-refractivity contribution in [3.63, 3.8) is 0 Å². The lowest BCUT2D eigenvalue weighted by atomic mass is 9.99. The van der Waals surface area contributed by atoms with Crippen LogP contribution in [0.25, 0.3) is 16.8 Å². The van der Waals surface area contributed by atoms with E-state index in [2.05, 4.69) is 26.9 Å². The monoisotopic (exact) mass is 440 g/mol. The Morgan fingerprint density at radius 2 is 1.97 bits per heavy atom. The highest BCUT2D eigenvalue weighted by Gasteiger charge is 2.18. The molecule has 1 atom stereocenters. The number of carbonyl (C=O) groups is 2. The number of aromatic nitrogens is 3. The topological polar surface area (TPSA) is 132 Å². The van der Waals surface area contributed by atoms with Crippen LogP contribution in [0.4, 0.5) is 5.69 Å². The predicted molar refractivity (Wildman–Crippen MR) is 121 cm³/mol. The van der Waals surface area contributed by atoms with Gasteiger partial charge < -0.3 is 15.7 Å². The zero-order chi connectivity index (χ0) is 23.4. The lowest BCUT2D eigenvalue weighted by Crippen LogP contribution is -2.33. The lowest BCUT2D eigenvalue weighted by molar-refractivity contribution is -0.139.